The van der Waals surface area contributed by atoms with E-state index in [1.165, 1.54) is 38.8 Å². The van der Waals surface area contributed by atoms with Crippen LogP contribution in [0.3, 0.4) is 0 Å². The van der Waals surface area contributed by atoms with Crippen molar-refractivity contribution in [1.82, 2.24) is 9.80 Å². The molecule has 110 valence electrons. The van der Waals surface area contributed by atoms with Crippen molar-refractivity contribution >= 4 is 5.91 Å². The van der Waals surface area contributed by atoms with Crippen LogP contribution in [0.4, 0.5) is 0 Å². The highest BCUT2D eigenvalue weighted by molar-refractivity contribution is 5.76. The van der Waals surface area contributed by atoms with E-state index in [9.17, 15) is 4.79 Å². The van der Waals surface area contributed by atoms with Gasteiger partial charge in [-0.25, -0.2) is 0 Å². The van der Waals surface area contributed by atoms with E-state index in [0.29, 0.717) is 18.4 Å². The van der Waals surface area contributed by atoms with Crippen LogP contribution in [0.5, 0.6) is 0 Å². The molecule has 0 aromatic rings. The summed E-state index contributed by atoms with van der Waals surface area (Å²) < 4.78 is 0. The summed E-state index contributed by atoms with van der Waals surface area (Å²) in [7, 11) is 0. The number of nitrogens with two attached hydrogens (primary N) is 1. The van der Waals surface area contributed by atoms with E-state index in [2.05, 4.69) is 9.80 Å². The molecule has 1 amide bonds. The number of carbonyl (C=O) groups is 1. The van der Waals surface area contributed by atoms with Crippen LogP contribution in [0.15, 0.2) is 0 Å². The third-order valence-electron chi connectivity index (χ3n) is 4.52. The largest absolute Gasteiger partial charge is 0.341 e. The number of hydrogen-bond acceptors (Lipinski definition) is 3. The van der Waals surface area contributed by atoms with Gasteiger partial charge in [0, 0.05) is 25.6 Å². The lowest BCUT2D eigenvalue weighted by Gasteiger charge is -2.32. The molecule has 2 rings (SSSR count). The van der Waals surface area contributed by atoms with E-state index in [1.807, 2.05) is 0 Å². The molecule has 0 bridgehead atoms. The van der Waals surface area contributed by atoms with Gasteiger partial charge in [-0.1, -0.05) is 12.8 Å². The Balaban J connectivity index is 1.67. The first-order valence-electron chi connectivity index (χ1n) is 8.03. The summed E-state index contributed by atoms with van der Waals surface area (Å²) in [5.41, 5.74) is 5.47. The second-order valence-electron chi connectivity index (χ2n) is 5.98. The molecule has 0 saturated carbocycles. The van der Waals surface area contributed by atoms with E-state index in [-0.39, 0.29) is 0 Å². The molecule has 2 fully saturated rings. The lowest BCUT2D eigenvalue weighted by atomic mass is 10.1. The highest BCUT2D eigenvalue weighted by atomic mass is 16.2. The predicted molar refractivity (Wildman–Crippen MR) is 77.9 cm³/mol. The topological polar surface area (TPSA) is 49.6 Å². The summed E-state index contributed by atoms with van der Waals surface area (Å²) in [5, 5.41) is 0. The van der Waals surface area contributed by atoms with Gasteiger partial charge in [0.15, 0.2) is 0 Å². The molecule has 0 spiro atoms. The zero-order valence-corrected chi connectivity index (χ0v) is 12.1. The molecule has 1 atom stereocenters. The van der Waals surface area contributed by atoms with Crippen LogP contribution in [0.25, 0.3) is 0 Å². The Labute approximate surface area is 117 Å². The lowest BCUT2D eigenvalue weighted by Crippen LogP contribution is -2.41. The summed E-state index contributed by atoms with van der Waals surface area (Å²) in [5.74, 6) is 0.358. The molecular formula is C15H29N3O. The average molecular weight is 267 g/mol. The Bertz CT molecular complexity index is 277. The fraction of sp³-hybridized carbons (Fsp3) is 0.933. The number of hydrogen-bond donors (Lipinski definition) is 1. The molecule has 0 radical (unpaired) electrons. The first-order chi connectivity index (χ1) is 9.31. The number of likely N-dealkylation sites (tertiary alicyclic amines) is 2. The van der Waals surface area contributed by atoms with Gasteiger partial charge in [0.2, 0.25) is 5.91 Å². The van der Waals surface area contributed by atoms with Crippen molar-refractivity contribution in [2.75, 3.05) is 32.7 Å². The molecule has 2 aliphatic rings. The predicted octanol–water partition coefficient (Wildman–Crippen LogP) is 1.59. The van der Waals surface area contributed by atoms with E-state index < -0.39 is 0 Å². The third kappa shape index (κ3) is 4.46. The molecule has 0 aromatic heterocycles. The van der Waals surface area contributed by atoms with Crippen molar-refractivity contribution in [2.24, 2.45) is 5.73 Å². The molecule has 2 aliphatic heterocycles. The zero-order valence-electron chi connectivity index (χ0n) is 12.1. The fourth-order valence-electron chi connectivity index (χ4n) is 3.31. The second-order valence-corrected chi connectivity index (χ2v) is 5.98. The molecule has 2 N–H and O–H groups in total. The first kappa shape index (κ1) is 14.8. The molecule has 2 heterocycles. The second kappa shape index (κ2) is 7.85. The van der Waals surface area contributed by atoms with Crippen molar-refractivity contribution in [3.8, 4) is 0 Å². The average Bonchev–Trinajstić information content (AvgIpc) is 2.94. The number of rotatable bonds is 6. The molecule has 0 aliphatic carbocycles. The smallest absolute Gasteiger partial charge is 0.222 e. The first-order valence-corrected chi connectivity index (χ1v) is 8.03. The molecule has 19 heavy (non-hydrogen) atoms. The van der Waals surface area contributed by atoms with Crippen molar-refractivity contribution in [3.05, 3.63) is 0 Å². The number of amides is 1. The van der Waals surface area contributed by atoms with Gasteiger partial charge >= 0.3 is 0 Å². The Morgan fingerprint density at radius 1 is 1.05 bits per heavy atom. The maximum Gasteiger partial charge on any atom is 0.222 e. The van der Waals surface area contributed by atoms with Crippen molar-refractivity contribution in [2.45, 2.75) is 57.4 Å². The quantitative estimate of drug-likeness (QED) is 0.744. The minimum absolute atomic E-state index is 0.358. The highest BCUT2D eigenvalue weighted by Gasteiger charge is 2.30. The van der Waals surface area contributed by atoms with Gasteiger partial charge in [-0.3, -0.25) is 9.69 Å². The molecule has 2 saturated heterocycles. The van der Waals surface area contributed by atoms with Crippen LogP contribution in [-0.2, 0) is 4.79 Å². The minimum Gasteiger partial charge on any atom is -0.341 e. The number of unbranched alkanes of at least 4 members (excludes halogenated alkanes) is 2. The SMILES string of the molecule is NCCCCCC(=O)N1CCC(N2CCCCC2)C1. The Morgan fingerprint density at radius 2 is 1.84 bits per heavy atom. The van der Waals surface area contributed by atoms with Gasteiger partial charge in [0.05, 0.1) is 0 Å². The normalized spacial score (nSPS) is 24.9. The number of carbonyl (C=O) groups excluding carboxylic acids is 1. The van der Waals surface area contributed by atoms with Gasteiger partial charge in [-0.2, -0.15) is 0 Å². The Morgan fingerprint density at radius 3 is 2.58 bits per heavy atom. The van der Waals surface area contributed by atoms with E-state index >= 15 is 0 Å². The summed E-state index contributed by atoms with van der Waals surface area (Å²) in [4.78, 5) is 16.8. The monoisotopic (exact) mass is 267 g/mol. The van der Waals surface area contributed by atoms with E-state index in [0.717, 1.165) is 38.9 Å². The zero-order chi connectivity index (χ0) is 13.5. The van der Waals surface area contributed by atoms with Crippen molar-refractivity contribution in [3.63, 3.8) is 0 Å². The van der Waals surface area contributed by atoms with E-state index in [1.54, 1.807) is 0 Å². The lowest BCUT2D eigenvalue weighted by molar-refractivity contribution is -0.130. The molecule has 4 heteroatoms. The van der Waals surface area contributed by atoms with E-state index in [4.69, 9.17) is 5.73 Å². The van der Waals surface area contributed by atoms with Crippen LogP contribution in [0.2, 0.25) is 0 Å². The summed E-state index contributed by atoms with van der Waals surface area (Å²) in [6.45, 7) is 5.16. The Kier molecular flexibility index (Phi) is 6.11. The summed E-state index contributed by atoms with van der Waals surface area (Å²) in [6.07, 6.45) is 9.08. The Hall–Kier alpha value is -0.610. The van der Waals surface area contributed by atoms with Gasteiger partial charge in [-0.15, -0.1) is 0 Å². The van der Waals surface area contributed by atoms with Crippen LogP contribution in [0, 0.1) is 0 Å². The fourth-order valence-corrected chi connectivity index (χ4v) is 3.31. The van der Waals surface area contributed by atoms with Gasteiger partial charge in [0.25, 0.3) is 0 Å². The van der Waals surface area contributed by atoms with Gasteiger partial charge < -0.3 is 10.6 Å². The highest BCUT2D eigenvalue weighted by Crippen LogP contribution is 2.21. The number of piperidine rings is 1. The third-order valence-corrected chi connectivity index (χ3v) is 4.52. The van der Waals surface area contributed by atoms with Crippen LogP contribution >= 0.6 is 0 Å². The van der Waals surface area contributed by atoms with Crippen molar-refractivity contribution < 1.29 is 4.79 Å². The summed E-state index contributed by atoms with van der Waals surface area (Å²) in [6, 6.07) is 0.633. The maximum absolute atomic E-state index is 12.1. The molecule has 1 unspecified atom stereocenters. The molecule has 0 aromatic carbocycles. The van der Waals surface area contributed by atoms with Gasteiger partial charge in [0.1, 0.15) is 0 Å². The van der Waals surface area contributed by atoms with Crippen molar-refractivity contribution in [1.29, 1.82) is 0 Å². The van der Waals surface area contributed by atoms with Crippen LogP contribution in [0.1, 0.15) is 51.4 Å². The van der Waals surface area contributed by atoms with Crippen LogP contribution < -0.4 is 5.73 Å². The molecule has 4 nitrogen and oxygen atoms in total. The minimum atomic E-state index is 0.358. The molecular weight excluding hydrogens is 238 g/mol. The summed E-state index contributed by atoms with van der Waals surface area (Å²) >= 11 is 0. The maximum atomic E-state index is 12.1. The number of nitrogens with zero attached hydrogens (tertiary/aromatic N) is 2. The standard InChI is InChI=1S/C15H29N3O/c16-9-4-1-3-7-15(19)18-12-8-14(13-18)17-10-5-2-6-11-17/h14H,1-13,16H2. The van der Waals surface area contributed by atoms with Crippen LogP contribution in [-0.4, -0.2) is 54.5 Å². The van der Waals surface area contributed by atoms with Gasteiger partial charge in [-0.05, 0) is 51.7 Å².